The third kappa shape index (κ3) is 4.47. The van der Waals surface area contributed by atoms with Crippen molar-refractivity contribution in [3.05, 3.63) is 27.7 Å². The number of allylic oxidation sites excluding steroid dienone is 1. The van der Waals surface area contributed by atoms with E-state index in [9.17, 15) is 9.59 Å². The highest BCUT2D eigenvalue weighted by Crippen LogP contribution is 2.41. The molecule has 0 aliphatic heterocycles. The van der Waals surface area contributed by atoms with E-state index in [1.165, 1.54) is 29.1 Å². The molecule has 0 aromatic carbocycles. The maximum atomic E-state index is 12.4. The summed E-state index contributed by atoms with van der Waals surface area (Å²) in [6, 6.07) is 0. The molecule has 0 spiro atoms. The summed E-state index contributed by atoms with van der Waals surface area (Å²) < 4.78 is 5.23. The number of amides is 1. The minimum absolute atomic E-state index is 0.191. The van der Waals surface area contributed by atoms with Crippen molar-refractivity contribution in [1.82, 2.24) is 0 Å². The highest BCUT2D eigenvalue weighted by Gasteiger charge is 2.29. The zero-order valence-corrected chi connectivity index (χ0v) is 15.8. The maximum Gasteiger partial charge on any atom is 0.341 e. The van der Waals surface area contributed by atoms with E-state index in [1.807, 2.05) is 13.8 Å². The molecule has 1 amide bonds. The Bertz CT molecular complexity index is 641. The standard InChI is InChI=1S/C19H27NO3S/c1-5-7-13-8-9-14-15(11-13)24-18(17(14)19(22)23-6-2)20-16(21)10-12(3)4/h10,13H,5-9,11H2,1-4H3,(H,20,21). The monoisotopic (exact) mass is 349 g/mol. The number of ether oxygens (including phenoxy) is 1. The number of thiophene rings is 1. The van der Waals surface area contributed by atoms with Crippen LogP contribution in [-0.2, 0) is 22.4 Å². The molecule has 1 atom stereocenters. The first-order valence-corrected chi connectivity index (χ1v) is 9.55. The van der Waals surface area contributed by atoms with Crippen LogP contribution >= 0.6 is 11.3 Å². The van der Waals surface area contributed by atoms with Crippen molar-refractivity contribution in [1.29, 1.82) is 0 Å². The second kappa shape index (κ2) is 8.47. The number of hydrogen-bond acceptors (Lipinski definition) is 4. The van der Waals surface area contributed by atoms with Gasteiger partial charge in [-0.25, -0.2) is 4.79 Å². The molecule has 4 nitrogen and oxygen atoms in total. The average molecular weight is 349 g/mol. The van der Waals surface area contributed by atoms with E-state index in [-0.39, 0.29) is 11.9 Å². The van der Waals surface area contributed by atoms with Crippen molar-refractivity contribution in [2.45, 2.75) is 59.8 Å². The van der Waals surface area contributed by atoms with Crippen LogP contribution in [0, 0.1) is 5.92 Å². The third-order valence-electron chi connectivity index (χ3n) is 4.20. The number of carbonyl (C=O) groups excluding carboxylic acids is 2. The Morgan fingerprint density at radius 1 is 1.33 bits per heavy atom. The Morgan fingerprint density at radius 3 is 2.71 bits per heavy atom. The molecule has 1 aliphatic rings. The fourth-order valence-electron chi connectivity index (χ4n) is 3.23. The van der Waals surface area contributed by atoms with Gasteiger partial charge in [0, 0.05) is 11.0 Å². The Hall–Kier alpha value is -1.62. The number of anilines is 1. The van der Waals surface area contributed by atoms with E-state index in [0.717, 1.165) is 30.4 Å². The number of nitrogens with one attached hydrogen (secondary N) is 1. The SMILES string of the molecule is CCCC1CCc2c(sc(NC(=O)C=C(C)C)c2C(=O)OCC)C1. The molecule has 1 aromatic rings. The molecule has 0 bridgehead atoms. The van der Waals surface area contributed by atoms with Crippen molar-refractivity contribution in [2.75, 3.05) is 11.9 Å². The first kappa shape index (κ1) is 18.7. The van der Waals surface area contributed by atoms with E-state index in [2.05, 4.69) is 12.2 Å². The summed E-state index contributed by atoms with van der Waals surface area (Å²) in [6.45, 7) is 8.10. The van der Waals surface area contributed by atoms with E-state index in [4.69, 9.17) is 4.74 Å². The lowest BCUT2D eigenvalue weighted by atomic mass is 9.84. The topological polar surface area (TPSA) is 55.4 Å². The maximum absolute atomic E-state index is 12.4. The van der Waals surface area contributed by atoms with Gasteiger partial charge in [0.1, 0.15) is 5.00 Å². The van der Waals surface area contributed by atoms with Gasteiger partial charge in [-0.05, 0) is 51.5 Å². The van der Waals surface area contributed by atoms with E-state index in [0.29, 0.717) is 23.1 Å². The Labute approximate surface area is 148 Å². The van der Waals surface area contributed by atoms with Gasteiger partial charge in [-0.2, -0.15) is 0 Å². The van der Waals surface area contributed by atoms with Crippen LogP contribution in [-0.4, -0.2) is 18.5 Å². The lowest BCUT2D eigenvalue weighted by molar-refractivity contribution is -0.111. The van der Waals surface area contributed by atoms with Gasteiger partial charge in [-0.15, -0.1) is 11.3 Å². The fraction of sp³-hybridized carbons (Fsp3) is 0.579. The minimum Gasteiger partial charge on any atom is -0.462 e. The zero-order valence-electron chi connectivity index (χ0n) is 15.0. The molecular formula is C19H27NO3S. The van der Waals surface area contributed by atoms with Crippen molar-refractivity contribution in [3.8, 4) is 0 Å². The molecule has 0 saturated carbocycles. The Kier molecular flexibility index (Phi) is 6.60. The van der Waals surface area contributed by atoms with Crippen LogP contribution in [0.1, 0.15) is 67.8 Å². The molecular weight excluding hydrogens is 322 g/mol. The molecule has 24 heavy (non-hydrogen) atoms. The molecule has 1 aromatic heterocycles. The van der Waals surface area contributed by atoms with Crippen molar-refractivity contribution >= 4 is 28.2 Å². The molecule has 2 rings (SSSR count). The first-order valence-electron chi connectivity index (χ1n) is 8.73. The van der Waals surface area contributed by atoms with Gasteiger partial charge in [0.2, 0.25) is 5.91 Å². The summed E-state index contributed by atoms with van der Waals surface area (Å²) in [5, 5.41) is 3.52. The van der Waals surface area contributed by atoms with Gasteiger partial charge in [0.15, 0.2) is 0 Å². The van der Waals surface area contributed by atoms with Gasteiger partial charge in [-0.1, -0.05) is 25.3 Å². The third-order valence-corrected chi connectivity index (χ3v) is 5.37. The van der Waals surface area contributed by atoms with Crippen LogP contribution in [0.3, 0.4) is 0 Å². The van der Waals surface area contributed by atoms with Gasteiger partial charge >= 0.3 is 5.97 Å². The highest BCUT2D eigenvalue weighted by molar-refractivity contribution is 7.17. The number of rotatable bonds is 6. The van der Waals surface area contributed by atoms with Gasteiger partial charge in [0.25, 0.3) is 0 Å². The van der Waals surface area contributed by atoms with Gasteiger partial charge < -0.3 is 10.1 Å². The summed E-state index contributed by atoms with van der Waals surface area (Å²) in [5.41, 5.74) is 2.58. The molecule has 0 saturated heterocycles. The summed E-state index contributed by atoms with van der Waals surface area (Å²) in [5.74, 6) is 0.165. The molecule has 1 unspecified atom stereocenters. The van der Waals surface area contributed by atoms with Crippen LogP contribution in [0.2, 0.25) is 0 Å². The van der Waals surface area contributed by atoms with E-state index in [1.54, 1.807) is 13.0 Å². The fourth-order valence-corrected chi connectivity index (χ4v) is 4.58. The second-order valence-electron chi connectivity index (χ2n) is 6.54. The summed E-state index contributed by atoms with van der Waals surface area (Å²) in [7, 11) is 0. The summed E-state index contributed by atoms with van der Waals surface area (Å²) in [6.07, 6.45) is 6.94. The van der Waals surface area contributed by atoms with Crippen molar-refractivity contribution in [2.24, 2.45) is 5.92 Å². The average Bonchev–Trinajstić information content (AvgIpc) is 2.83. The number of esters is 1. The molecule has 1 heterocycles. The minimum atomic E-state index is -0.323. The first-order chi connectivity index (χ1) is 11.5. The van der Waals surface area contributed by atoms with Gasteiger partial charge in [0.05, 0.1) is 12.2 Å². The predicted octanol–water partition coefficient (Wildman–Crippen LogP) is 4.73. The second-order valence-corrected chi connectivity index (χ2v) is 7.64. The number of carbonyl (C=O) groups is 2. The van der Waals surface area contributed by atoms with E-state index >= 15 is 0 Å². The number of hydrogen-bond donors (Lipinski definition) is 1. The van der Waals surface area contributed by atoms with Crippen molar-refractivity contribution in [3.63, 3.8) is 0 Å². The van der Waals surface area contributed by atoms with Gasteiger partial charge in [-0.3, -0.25) is 4.79 Å². The predicted molar refractivity (Wildman–Crippen MR) is 98.8 cm³/mol. The van der Waals surface area contributed by atoms with Crippen molar-refractivity contribution < 1.29 is 14.3 Å². The summed E-state index contributed by atoms with van der Waals surface area (Å²) >= 11 is 1.54. The Morgan fingerprint density at radius 2 is 2.08 bits per heavy atom. The van der Waals surface area contributed by atoms with Crippen LogP contribution in [0.15, 0.2) is 11.6 Å². The molecule has 132 valence electrons. The van der Waals surface area contributed by atoms with Crippen LogP contribution in [0.5, 0.6) is 0 Å². The molecule has 0 fully saturated rings. The highest BCUT2D eigenvalue weighted by atomic mass is 32.1. The largest absolute Gasteiger partial charge is 0.462 e. The lowest BCUT2D eigenvalue weighted by Gasteiger charge is -2.21. The summed E-state index contributed by atoms with van der Waals surface area (Å²) in [4.78, 5) is 25.8. The quantitative estimate of drug-likeness (QED) is 0.596. The van der Waals surface area contributed by atoms with Crippen LogP contribution in [0.4, 0.5) is 5.00 Å². The molecule has 5 heteroatoms. The molecule has 0 radical (unpaired) electrons. The smallest absolute Gasteiger partial charge is 0.341 e. The van der Waals surface area contributed by atoms with Crippen LogP contribution in [0.25, 0.3) is 0 Å². The number of fused-ring (bicyclic) bond motifs is 1. The van der Waals surface area contributed by atoms with Crippen LogP contribution < -0.4 is 5.32 Å². The molecule has 1 N–H and O–H groups in total. The molecule has 1 aliphatic carbocycles. The zero-order chi connectivity index (χ0) is 17.7. The van der Waals surface area contributed by atoms with E-state index < -0.39 is 0 Å². The lowest BCUT2D eigenvalue weighted by Crippen LogP contribution is -2.16. The Balaban J connectivity index is 2.33. The normalized spacial score (nSPS) is 16.2.